The molecule has 1 N–H and O–H groups in total. The summed E-state index contributed by atoms with van der Waals surface area (Å²) in [4.78, 5) is 11.6. The number of hydrogen-bond donors (Lipinski definition) is 1. The zero-order valence-electron chi connectivity index (χ0n) is 14.0. The molecular weight excluding hydrogens is 292 g/mol. The molecule has 0 atom stereocenters. The first-order valence-corrected chi connectivity index (χ1v) is 8.43. The largest absolute Gasteiger partial charge is 0.396 e. The van der Waals surface area contributed by atoms with Gasteiger partial charge in [0.25, 0.3) is 0 Å². The molecule has 0 unspecified atom stereocenters. The number of imidazole rings is 1. The molecule has 0 aromatic carbocycles. The first kappa shape index (κ1) is 16.4. The molecule has 1 fully saturated rings. The van der Waals surface area contributed by atoms with Crippen molar-refractivity contribution in [3.05, 3.63) is 29.3 Å². The summed E-state index contributed by atoms with van der Waals surface area (Å²) in [6.45, 7) is 7.89. The second-order valence-electron chi connectivity index (χ2n) is 6.36. The van der Waals surface area contributed by atoms with Gasteiger partial charge in [-0.2, -0.15) is 0 Å². The fraction of sp³-hybridized carbons (Fsp3) is 0.647. The van der Waals surface area contributed by atoms with Crippen LogP contribution in [0.1, 0.15) is 36.3 Å². The third-order valence-corrected chi connectivity index (χ3v) is 4.39. The summed E-state index contributed by atoms with van der Waals surface area (Å²) in [6, 6.07) is 2.08. The molecule has 0 amide bonds. The molecular formula is C17H26N4O2. The molecule has 1 saturated heterocycles. The molecule has 1 aliphatic heterocycles. The summed E-state index contributed by atoms with van der Waals surface area (Å²) < 4.78 is 7.84. The quantitative estimate of drug-likeness (QED) is 0.822. The summed E-state index contributed by atoms with van der Waals surface area (Å²) in [7, 11) is 0. The third kappa shape index (κ3) is 4.07. The molecule has 3 heterocycles. The van der Waals surface area contributed by atoms with Crippen molar-refractivity contribution in [2.24, 2.45) is 0 Å². The van der Waals surface area contributed by atoms with Crippen molar-refractivity contribution in [2.45, 2.75) is 45.8 Å². The number of hydrogen-bond acceptors (Lipinski definition) is 5. The lowest BCUT2D eigenvalue weighted by molar-refractivity contribution is 0.000599. The van der Waals surface area contributed by atoms with Crippen molar-refractivity contribution < 1.29 is 9.84 Å². The van der Waals surface area contributed by atoms with Gasteiger partial charge in [-0.1, -0.05) is 0 Å². The molecule has 6 heteroatoms. The van der Waals surface area contributed by atoms with E-state index in [4.69, 9.17) is 9.84 Å². The summed E-state index contributed by atoms with van der Waals surface area (Å²) in [6.07, 6.45) is 5.27. The second kappa shape index (κ2) is 7.38. The second-order valence-corrected chi connectivity index (χ2v) is 6.36. The van der Waals surface area contributed by atoms with Crippen molar-refractivity contribution in [3.63, 3.8) is 0 Å². The van der Waals surface area contributed by atoms with Gasteiger partial charge in [0.2, 0.25) is 5.78 Å². The maximum Gasteiger partial charge on any atom is 0.234 e. The van der Waals surface area contributed by atoms with E-state index >= 15 is 0 Å². The van der Waals surface area contributed by atoms with Gasteiger partial charge in [-0.3, -0.25) is 9.30 Å². The topological polar surface area (TPSA) is 62.9 Å². The smallest absolute Gasteiger partial charge is 0.234 e. The van der Waals surface area contributed by atoms with Crippen LogP contribution in [-0.4, -0.2) is 56.8 Å². The zero-order valence-corrected chi connectivity index (χ0v) is 14.0. The van der Waals surface area contributed by atoms with Gasteiger partial charge in [-0.25, -0.2) is 9.97 Å². The van der Waals surface area contributed by atoms with Crippen molar-refractivity contribution in [1.82, 2.24) is 19.3 Å². The van der Waals surface area contributed by atoms with E-state index in [0.717, 1.165) is 56.1 Å². The molecule has 0 bridgehead atoms. The Balaban J connectivity index is 1.55. The maximum atomic E-state index is 8.80. The minimum Gasteiger partial charge on any atom is -0.396 e. The summed E-state index contributed by atoms with van der Waals surface area (Å²) in [5, 5.41) is 8.80. The van der Waals surface area contributed by atoms with Gasteiger partial charge in [0.1, 0.15) is 0 Å². The number of rotatable bonds is 6. The van der Waals surface area contributed by atoms with Gasteiger partial charge in [0.05, 0.1) is 11.8 Å². The van der Waals surface area contributed by atoms with Crippen LogP contribution in [0.25, 0.3) is 5.78 Å². The molecule has 0 spiro atoms. The van der Waals surface area contributed by atoms with E-state index in [0.29, 0.717) is 12.7 Å². The Morgan fingerprint density at radius 3 is 2.78 bits per heavy atom. The number of nitrogens with zero attached hydrogens (tertiary/aromatic N) is 4. The number of likely N-dealkylation sites (tertiary alicyclic amines) is 1. The average Bonchev–Trinajstić information content (AvgIpc) is 2.92. The van der Waals surface area contributed by atoms with E-state index in [-0.39, 0.29) is 6.61 Å². The van der Waals surface area contributed by atoms with Crippen molar-refractivity contribution in [1.29, 1.82) is 0 Å². The Kier molecular flexibility index (Phi) is 5.25. The maximum absolute atomic E-state index is 8.80. The first-order chi connectivity index (χ1) is 11.2. The van der Waals surface area contributed by atoms with Crippen LogP contribution >= 0.6 is 0 Å². The molecule has 2 aromatic rings. The van der Waals surface area contributed by atoms with E-state index in [1.807, 2.05) is 6.92 Å². The molecule has 1 aliphatic rings. The highest BCUT2D eigenvalue weighted by Crippen LogP contribution is 2.17. The summed E-state index contributed by atoms with van der Waals surface area (Å²) in [5.74, 6) is 0.791. The molecule has 0 aliphatic carbocycles. The predicted octanol–water partition coefficient (Wildman–Crippen LogP) is 1.71. The molecule has 6 nitrogen and oxygen atoms in total. The monoisotopic (exact) mass is 318 g/mol. The molecule has 23 heavy (non-hydrogen) atoms. The van der Waals surface area contributed by atoms with Crippen LogP contribution in [0.5, 0.6) is 0 Å². The van der Waals surface area contributed by atoms with Crippen molar-refractivity contribution in [3.8, 4) is 0 Å². The summed E-state index contributed by atoms with van der Waals surface area (Å²) >= 11 is 0. The minimum absolute atomic E-state index is 0.208. The van der Waals surface area contributed by atoms with Gasteiger partial charge < -0.3 is 9.84 Å². The lowest BCUT2D eigenvalue weighted by Crippen LogP contribution is -2.36. The molecule has 0 radical (unpaired) electrons. The Bertz CT molecular complexity index is 647. The predicted molar refractivity (Wildman–Crippen MR) is 88.4 cm³/mol. The highest BCUT2D eigenvalue weighted by molar-refractivity contribution is 5.34. The Hall–Kier alpha value is -1.50. The summed E-state index contributed by atoms with van der Waals surface area (Å²) in [5.41, 5.74) is 3.25. The van der Waals surface area contributed by atoms with E-state index in [9.17, 15) is 0 Å². The zero-order chi connectivity index (χ0) is 16.2. The lowest BCUT2D eigenvalue weighted by Gasteiger charge is -2.31. The number of ether oxygens (including phenoxy) is 1. The van der Waals surface area contributed by atoms with E-state index in [2.05, 4.69) is 38.5 Å². The number of fused-ring (bicyclic) bond motifs is 1. The first-order valence-electron chi connectivity index (χ1n) is 8.43. The Morgan fingerprint density at radius 1 is 1.26 bits per heavy atom. The van der Waals surface area contributed by atoms with Crippen LogP contribution in [0.3, 0.4) is 0 Å². The number of aromatic nitrogens is 3. The fourth-order valence-electron chi connectivity index (χ4n) is 3.17. The average molecular weight is 318 g/mol. The molecule has 3 rings (SSSR count). The fourth-order valence-corrected chi connectivity index (χ4v) is 3.17. The normalized spacial score (nSPS) is 17.2. The van der Waals surface area contributed by atoms with Crippen LogP contribution in [0.15, 0.2) is 12.3 Å². The number of aliphatic hydroxyl groups excluding tert-OH is 1. The SMILES string of the molecule is Cc1cc(C)n2cc(CN3CCC(OCCCO)CC3)nc2n1. The van der Waals surface area contributed by atoms with Crippen LogP contribution in [-0.2, 0) is 11.3 Å². The van der Waals surface area contributed by atoms with Gasteiger partial charge in [0, 0.05) is 50.4 Å². The number of aryl methyl sites for hydroxylation is 2. The Morgan fingerprint density at radius 2 is 2.04 bits per heavy atom. The van der Waals surface area contributed by atoms with E-state index in [1.54, 1.807) is 0 Å². The Labute approximate surface area is 137 Å². The number of piperidine rings is 1. The highest BCUT2D eigenvalue weighted by atomic mass is 16.5. The third-order valence-electron chi connectivity index (χ3n) is 4.39. The molecule has 126 valence electrons. The molecule has 2 aromatic heterocycles. The lowest BCUT2D eigenvalue weighted by atomic mass is 10.1. The van der Waals surface area contributed by atoms with E-state index in [1.165, 1.54) is 5.69 Å². The van der Waals surface area contributed by atoms with Gasteiger partial charge >= 0.3 is 0 Å². The van der Waals surface area contributed by atoms with Crippen LogP contribution in [0.2, 0.25) is 0 Å². The van der Waals surface area contributed by atoms with Gasteiger partial charge in [-0.05, 0) is 39.2 Å². The van der Waals surface area contributed by atoms with Gasteiger partial charge in [0.15, 0.2) is 0 Å². The van der Waals surface area contributed by atoms with Crippen molar-refractivity contribution in [2.75, 3.05) is 26.3 Å². The van der Waals surface area contributed by atoms with E-state index < -0.39 is 0 Å². The van der Waals surface area contributed by atoms with Crippen LogP contribution < -0.4 is 0 Å². The number of aliphatic hydroxyl groups is 1. The minimum atomic E-state index is 0.208. The van der Waals surface area contributed by atoms with Crippen LogP contribution in [0.4, 0.5) is 0 Å². The molecule has 0 saturated carbocycles. The highest BCUT2D eigenvalue weighted by Gasteiger charge is 2.20. The van der Waals surface area contributed by atoms with Crippen molar-refractivity contribution >= 4 is 5.78 Å². The van der Waals surface area contributed by atoms with Crippen LogP contribution in [0, 0.1) is 13.8 Å². The van der Waals surface area contributed by atoms with Gasteiger partial charge in [-0.15, -0.1) is 0 Å². The standard InChI is InChI=1S/C17H26N4O2/c1-13-10-14(2)21-12-15(19-17(21)18-13)11-20-6-4-16(5-7-20)23-9-3-8-22/h10,12,16,22H,3-9,11H2,1-2H3.